The molecule has 4 aliphatic rings. The topological polar surface area (TPSA) is 112 Å². The number of rotatable bonds is 12. The maximum atomic E-state index is 14.6. The van der Waals surface area contributed by atoms with Gasteiger partial charge in [-0.05, 0) is 131 Å². The Kier molecular flexibility index (Phi) is 10.1. The van der Waals surface area contributed by atoms with Crippen molar-refractivity contribution in [3.8, 4) is 28.4 Å². The van der Waals surface area contributed by atoms with E-state index in [1.54, 1.807) is 32.0 Å². The van der Waals surface area contributed by atoms with Crippen molar-refractivity contribution in [3.63, 3.8) is 0 Å². The van der Waals surface area contributed by atoms with Crippen molar-refractivity contribution in [1.82, 2.24) is 15.1 Å². The van der Waals surface area contributed by atoms with E-state index in [0.29, 0.717) is 41.0 Å². The van der Waals surface area contributed by atoms with E-state index >= 15 is 0 Å². The summed E-state index contributed by atoms with van der Waals surface area (Å²) in [6.07, 6.45) is 5.62. The van der Waals surface area contributed by atoms with Crippen LogP contribution in [0.3, 0.4) is 0 Å². The monoisotopic (exact) mass is 689 g/mol. The van der Waals surface area contributed by atoms with Gasteiger partial charge in [0.15, 0.2) is 5.69 Å². The van der Waals surface area contributed by atoms with Crippen LogP contribution in [0.25, 0.3) is 16.9 Å². The number of aliphatic hydroxyl groups is 1. The van der Waals surface area contributed by atoms with E-state index in [2.05, 4.69) is 31.3 Å². The molecule has 2 aromatic carbocycles. The van der Waals surface area contributed by atoms with Crippen LogP contribution in [0.4, 0.5) is 0 Å². The molecule has 1 amide bonds. The van der Waals surface area contributed by atoms with Crippen LogP contribution < -0.4 is 14.8 Å². The van der Waals surface area contributed by atoms with Crippen LogP contribution in [0.1, 0.15) is 95.1 Å². The first kappa shape index (κ1) is 35.3. The Hall–Kier alpha value is -3.50. The van der Waals surface area contributed by atoms with Gasteiger partial charge >= 0.3 is 5.97 Å². The van der Waals surface area contributed by atoms with Crippen molar-refractivity contribution in [2.45, 2.75) is 95.1 Å². The Balaban J connectivity index is 1.47. The van der Waals surface area contributed by atoms with Gasteiger partial charge in [0.1, 0.15) is 22.6 Å². The van der Waals surface area contributed by atoms with Gasteiger partial charge in [0, 0.05) is 17.3 Å². The summed E-state index contributed by atoms with van der Waals surface area (Å²) >= 11 is 1.70. The van der Waals surface area contributed by atoms with E-state index in [1.165, 1.54) is 6.42 Å². The van der Waals surface area contributed by atoms with Gasteiger partial charge in [-0.15, -0.1) is 11.8 Å². The second-order valence-electron chi connectivity index (χ2n) is 15.3. The lowest BCUT2D eigenvalue weighted by molar-refractivity contribution is -0.180. The highest BCUT2D eigenvalue weighted by Crippen LogP contribution is 2.59. The average Bonchev–Trinajstić information content (AvgIpc) is 3.50. The third-order valence-electron chi connectivity index (χ3n) is 10.5. The van der Waals surface area contributed by atoms with Gasteiger partial charge in [0.25, 0.3) is 5.91 Å². The lowest BCUT2D eigenvalue weighted by Crippen LogP contribution is -2.71. The van der Waals surface area contributed by atoms with Crippen LogP contribution in [-0.2, 0) is 9.53 Å². The van der Waals surface area contributed by atoms with Crippen molar-refractivity contribution in [3.05, 3.63) is 53.7 Å². The van der Waals surface area contributed by atoms with Gasteiger partial charge in [0.2, 0.25) is 0 Å². The van der Waals surface area contributed by atoms with Crippen molar-refractivity contribution in [2.75, 3.05) is 26.6 Å². The molecule has 10 heteroatoms. The zero-order valence-corrected chi connectivity index (χ0v) is 30.7. The van der Waals surface area contributed by atoms with Gasteiger partial charge in [-0.1, -0.05) is 19.9 Å². The second kappa shape index (κ2) is 14.0. The summed E-state index contributed by atoms with van der Waals surface area (Å²) in [4.78, 5) is 29.9. The van der Waals surface area contributed by atoms with Crippen LogP contribution in [0.2, 0.25) is 0 Å². The fourth-order valence-corrected chi connectivity index (χ4v) is 9.50. The number of aromatic nitrogens is 2. The molecule has 0 aliphatic heterocycles. The molecule has 1 heterocycles. The van der Waals surface area contributed by atoms with E-state index in [-0.39, 0.29) is 36.0 Å². The third-order valence-corrected chi connectivity index (χ3v) is 11.6. The number of thioether (sulfide) groups is 1. The molecule has 3 aromatic rings. The Morgan fingerprint density at radius 2 is 1.63 bits per heavy atom. The number of hydrogen-bond donors (Lipinski definition) is 2. The number of nitrogens with one attached hydrogen (secondary N) is 1. The van der Waals surface area contributed by atoms with Crippen LogP contribution >= 0.6 is 11.8 Å². The molecule has 4 bridgehead atoms. The normalized spacial score (nSPS) is 24.3. The first-order chi connectivity index (χ1) is 23.4. The molecule has 0 atom stereocenters. The first-order valence-electron chi connectivity index (χ1n) is 17.6. The summed E-state index contributed by atoms with van der Waals surface area (Å²) in [5.41, 5.74) is 1.63. The number of hydrogen-bond acceptors (Lipinski definition) is 8. The molecule has 4 fully saturated rings. The predicted molar refractivity (Wildman–Crippen MR) is 192 cm³/mol. The minimum absolute atomic E-state index is 0.0295. The molecule has 0 unspecified atom stereocenters. The van der Waals surface area contributed by atoms with E-state index in [0.717, 1.165) is 47.6 Å². The number of benzene rings is 2. The molecular formula is C39H51N3O6S. The predicted octanol–water partition coefficient (Wildman–Crippen LogP) is 7.42. The van der Waals surface area contributed by atoms with Crippen molar-refractivity contribution < 1.29 is 28.9 Å². The molecule has 9 nitrogen and oxygen atoms in total. The maximum Gasteiger partial charge on any atom is 0.332 e. The number of amides is 1. The van der Waals surface area contributed by atoms with E-state index in [1.807, 2.05) is 49.7 Å². The maximum absolute atomic E-state index is 14.6. The summed E-state index contributed by atoms with van der Waals surface area (Å²) < 4.78 is 19.6. The smallest absolute Gasteiger partial charge is 0.332 e. The number of aliphatic hydroxyl groups excluding tert-OH is 1. The Morgan fingerprint density at radius 3 is 2.18 bits per heavy atom. The summed E-state index contributed by atoms with van der Waals surface area (Å²) in [6.45, 7) is 10.1. The SMILES string of the molecule is COc1cccc(OC)c1-c1cc(C(=O)NC2(C(=O)OC(C)(C)C)C3CC4CC(C3)CC2C4)nn1-c1ccc(SCCCO)cc1C(C)C. The molecule has 7 rings (SSSR count). The van der Waals surface area contributed by atoms with Crippen LogP contribution in [0.5, 0.6) is 11.5 Å². The molecule has 1 aromatic heterocycles. The van der Waals surface area contributed by atoms with Crippen molar-refractivity contribution in [2.24, 2.45) is 23.7 Å². The fourth-order valence-electron chi connectivity index (χ4n) is 8.62. The average molecular weight is 690 g/mol. The molecule has 264 valence electrons. The minimum Gasteiger partial charge on any atom is -0.496 e. The van der Waals surface area contributed by atoms with Crippen molar-refractivity contribution >= 4 is 23.6 Å². The summed E-state index contributed by atoms with van der Waals surface area (Å²) in [7, 11) is 3.23. The molecule has 49 heavy (non-hydrogen) atoms. The molecule has 0 spiro atoms. The standard InChI is InChI=1S/C39H51N3O6S/c1-23(2)29-21-28(49-15-9-14-43)12-13-31(29)42-32(35-33(46-6)10-8-11-34(35)47-7)22-30(41-42)36(44)40-39(37(45)48-38(3,4)5)26-17-24-16-25(19-26)20-27(39)18-24/h8,10-13,21-27,43H,9,14-20H2,1-7H3,(H,40,44). The second-order valence-corrected chi connectivity index (χ2v) is 16.5. The number of methoxy groups -OCH3 is 2. The highest BCUT2D eigenvalue weighted by molar-refractivity contribution is 7.99. The van der Waals surface area contributed by atoms with Gasteiger partial charge < -0.3 is 24.6 Å². The van der Waals surface area contributed by atoms with Gasteiger partial charge in [0.05, 0.1) is 31.2 Å². The highest BCUT2D eigenvalue weighted by Gasteiger charge is 2.63. The number of carbonyl (C=O) groups is 2. The van der Waals surface area contributed by atoms with Crippen LogP contribution in [0, 0.1) is 23.7 Å². The summed E-state index contributed by atoms with van der Waals surface area (Å²) in [5.74, 6) is 2.65. The van der Waals surface area contributed by atoms with E-state index < -0.39 is 17.0 Å². The van der Waals surface area contributed by atoms with Gasteiger partial charge in [-0.3, -0.25) is 4.79 Å². The van der Waals surface area contributed by atoms with E-state index in [9.17, 15) is 14.7 Å². The lowest BCUT2D eigenvalue weighted by atomic mass is 9.48. The number of carbonyl (C=O) groups excluding carboxylic acids is 2. The lowest BCUT2D eigenvalue weighted by Gasteiger charge is -2.59. The van der Waals surface area contributed by atoms with Crippen LogP contribution in [-0.4, -0.2) is 64.5 Å². The van der Waals surface area contributed by atoms with Crippen molar-refractivity contribution in [1.29, 1.82) is 0 Å². The quantitative estimate of drug-likeness (QED) is 0.115. The molecular weight excluding hydrogens is 639 g/mol. The summed E-state index contributed by atoms with van der Waals surface area (Å²) in [5, 5.41) is 17.6. The number of ether oxygens (including phenoxy) is 3. The number of esters is 1. The molecule has 4 aliphatic carbocycles. The third kappa shape index (κ3) is 6.83. The Bertz CT molecular complexity index is 1640. The number of nitrogens with zero attached hydrogens (tertiary/aromatic N) is 2. The highest BCUT2D eigenvalue weighted by atomic mass is 32.2. The first-order valence-corrected chi connectivity index (χ1v) is 18.6. The van der Waals surface area contributed by atoms with Gasteiger partial charge in [-0.2, -0.15) is 5.10 Å². The Morgan fingerprint density at radius 1 is 1.00 bits per heavy atom. The summed E-state index contributed by atoms with van der Waals surface area (Å²) in [6, 6.07) is 13.6. The molecule has 4 saturated carbocycles. The minimum atomic E-state index is -1.10. The molecule has 2 N–H and O–H groups in total. The molecule has 0 saturated heterocycles. The van der Waals surface area contributed by atoms with E-state index in [4.69, 9.17) is 19.3 Å². The fraction of sp³-hybridized carbons (Fsp3) is 0.564. The van der Waals surface area contributed by atoms with Crippen LogP contribution in [0.15, 0.2) is 47.4 Å². The largest absolute Gasteiger partial charge is 0.496 e. The zero-order valence-electron chi connectivity index (χ0n) is 29.9. The zero-order chi connectivity index (χ0) is 35.1. The van der Waals surface area contributed by atoms with Gasteiger partial charge in [-0.25, -0.2) is 9.48 Å². The Labute approximate surface area is 294 Å². The molecule has 0 radical (unpaired) electrons.